The van der Waals surface area contributed by atoms with E-state index >= 15 is 0 Å². The van der Waals surface area contributed by atoms with E-state index in [4.69, 9.17) is 0 Å². The molecule has 1 atom stereocenters. The average molecular weight is 592 g/mol. The topological polar surface area (TPSA) is 101 Å². The van der Waals surface area contributed by atoms with Crippen molar-refractivity contribution in [3.63, 3.8) is 0 Å². The van der Waals surface area contributed by atoms with Gasteiger partial charge in [0.1, 0.15) is 0 Å². The van der Waals surface area contributed by atoms with Gasteiger partial charge in [-0.15, -0.1) is 0 Å². The summed E-state index contributed by atoms with van der Waals surface area (Å²) in [6.07, 6.45) is -1.81. The number of aliphatic imine (C=N–C) groups is 1. The fourth-order valence-corrected chi connectivity index (χ4v) is 4.72. The zero-order valence-electron chi connectivity index (χ0n) is 23.7. The lowest BCUT2D eigenvalue weighted by Gasteiger charge is -2.34. The second kappa shape index (κ2) is 12.6. The van der Waals surface area contributed by atoms with Gasteiger partial charge in [0.25, 0.3) is 11.8 Å². The molecule has 0 bridgehead atoms. The van der Waals surface area contributed by atoms with Gasteiger partial charge in [-0.3, -0.25) is 9.59 Å². The Labute approximate surface area is 247 Å². The van der Waals surface area contributed by atoms with Crippen LogP contribution in [-0.2, 0) is 6.18 Å². The highest BCUT2D eigenvalue weighted by Crippen LogP contribution is 2.30. The van der Waals surface area contributed by atoms with Crippen LogP contribution in [0.25, 0.3) is 0 Å². The van der Waals surface area contributed by atoms with E-state index in [9.17, 15) is 22.8 Å². The van der Waals surface area contributed by atoms with E-state index in [-0.39, 0.29) is 16.8 Å². The van der Waals surface area contributed by atoms with Crippen molar-refractivity contribution in [1.29, 1.82) is 0 Å². The standard InChI is InChI=1S/C31H32F3N7O2/c1-20-6-7-24(37-28(42)21-4-3-5-22(16-21)31(32,33)34)17-27(20)29(43)38-25-18-35-30(36-19-25)39-23-8-10-26(11-9-23)41-14-12-40(2)13-15-41/h3-11,16-19,30,35,39H,12-15H2,1-2H3,(H,37,42)(H,38,43). The Morgan fingerprint density at radius 3 is 2.30 bits per heavy atom. The minimum absolute atomic E-state index is 0.148. The van der Waals surface area contributed by atoms with Crippen molar-refractivity contribution in [3.8, 4) is 0 Å². The quantitative estimate of drug-likeness (QED) is 0.319. The number of halogens is 3. The molecule has 9 nitrogen and oxygen atoms in total. The lowest BCUT2D eigenvalue weighted by Crippen LogP contribution is -2.44. The molecule has 0 radical (unpaired) electrons. The van der Waals surface area contributed by atoms with Crippen LogP contribution in [0.2, 0.25) is 0 Å². The molecule has 224 valence electrons. The first kappa shape index (κ1) is 29.6. The molecule has 0 aromatic heterocycles. The molecule has 1 fully saturated rings. The summed E-state index contributed by atoms with van der Waals surface area (Å²) in [5.41, 5.74) is 2.65. The zero-order chi connectivity index (χ0) is 30.6. The highest BCUT2D eigenvalue weighted by Gasteiger charge is 2.31. The Bertz CT molecular complexity index is 1550. The van der Waals surface area contributed by atoms with Crippen LogP contribution < -0.4 is 26.2 Å². The fraction of sp³-hybridized carbons (Fsp3) is 0.258. The maximum Gasteiger partial charge on any atom is 0.416 e. The second-order valence-corrected chi connectivity index (χ2v) is 10.4. The minimum atomic E-state index is -4.57. The Balaban J connectivity index is 1.16. The number of aryl methyl sites for hydroxylation is 1. The smallest absolute Gasteiger partial charge is 0.369 e. The van der Waals surface area contributed by atoms with Gasteiger partial charge in [0.2, 0.25) is 0 Å². The Kier molecular flexibility index (Phi) is 8.67. The molecule has 3 aromatic carbocycles. The zero-order valence-corrected chi connectivity index (χ0v) is 23.7. The van der Waals surface area contributed by atoms with E-state index in [1.807, 2.05) is 12.1 Å². The van der Waals surface area contributed by atoms with Gasteiger partial charge < -0.3 is 31.1 Å². The van der Waals surface area contributed by atoms with Gasteiger partial charge in [-0.25, -0.2) is 4.99 Å². The molecule has 43 heavy (non-hydrogen) atoms. The second-order valence-electron chi connectivity index (χ2n) is 10.4. The number of allylic oxidation sites excluding steroid dienone is 1. The van der Waals surface area contributed by atoms with Crippen LogP contribution in [0.15, 0.2) is 83.6 Å². The summed E-state index contributed by atoms with van der Waals surface area (Å²) in [6, 6.07) is 17.0. The molecular formula is C31H32F3N7O2. The van der Waals surface area contributed by atoms with Crippen molar-refractivity contribution < 1.29 is 22.8 Å². The van der Waals surface area contributed by atoms with E-state index in [1.54, 1.807) is 31.5 Å². The highest BCUT2D eigenvalue weighted by atomic mass is 19.4. The number of amides is 2. The van der Waals surface area contributed by atoms with Gasteiger partial charge in [0, 0.05) is 60.6 Å². The molecule has 12 heteroatoms. The molecule has 2 heterocycles. The number of nitrogens with one attached hydrogen (secondary N) is 4. The molecule has 3 aromatic rings. The third-order valence-electron chi connectivity index (χ3n) is 7.25. The summed E-state index contributed by atoms with van der Waals surface area (Å²) in [5.74, 6) is -1.15. The van der Waals surface area contributed by atoms with E-state index in [2.05, 4.69) is 55.2 Å². The SMILES string of the molecule is Cc1ccc(NC(=O)c2cccc(C(F)(F)F)c2)cc1C(=O)NC1=CNC(Nc2ccc(N3CCN(C)CC3)cc2)N=C1. The summed E-state index contributed by atoms with van der Waals surface area (Å²) in [6.45, 7) is 5.81. The molecule has 5 rings (SSSR count). The molecule has 2 aliphatic rings. The van der Waals surface area contributed by atoms with Gasteiger partial charge in [-0.1, -0.05) is 12.1 Å². The predicted molar refractivity (Wildman–Crippen MR) is 161 cm³/mol. The number of nitrogens with zero attached hydrogens (tertiary/aromatic N) is 3. The first-order valence-electron chi connectivity index (χ1n) is 13.8. The Morgan fingerprint density at radius 1 is 0.907 bits per heavy atom. The molecule has 2 amide bonds. The number of carbonyl (C=O) groups excluding carboxylic acids is 2. The lowest BCUT2D eigenvalue weighted by atomic mass is 10.1. The predicted octanol–water partition coefficient (Wildman–Crippen LogP) is 4.66. The summed E-state index contributed by atoms with van der Waals surface area (Å²) >= 11 is 0. The van der Waals surface area contributed by atoms with Crippen LogP contribution in [0, 0.1) is 6.92 Å². The van der Waals surface area contributed by atoms with Crippen LogP contribution in [0.1, 0.15) is 31.8 Å². The molecule has 0 saturated carbocycles. The Morgan fingerprint density at radius 2 is 1.63 bits per heavy atom. The van der Waals surface area contributed by atoms with Crippen molar-refractivity contribution in [2.45, 2.75) is 19.4 Å². The number of piperazine rings is 1. The van der Waals surface area contributed by atoms with Crippen molar-refractivity contribution in [2.24, 2.45) is 4.99 Å². The first-order chi connectivity index (χ1) is 20.5. The van der Waals surface area contributed by atoms with Crippen molar-refractivity contribution >= 4 is 35.1 Å². The number of rotatable bonds is 7. The monoisotopic (exact) mass is 591 g/mol. The number of hydrogen-bond acceptors (Lipinski definition) is 7. The first-order valence-corrected chi connectivity index (χ1v) is 13.8. The van der Waals surface area contributed by atoms with Gasteiger partial charge in [-0.05, 0) is 74.1 Å². The number of alkyl halides is 3. The van der Waals surface area contributed by atoms with E-state index < -0.39 is 29.8 Å². The lowest BCUT2D eigenvalue weighted by molar-refractivity contribution is -0.137. The molecule has 0 aliphatic carbocycles. The summed E-state index contributed by atoms with van der Waals surface area (Å²) in [7, 11) is 2.13. The van der Waals surface area contributed by atoms with Crippen molar-refractivity contribution in [1.82, 2.24) is 15.5 Å². The van der Waals surface area contributed by atoms with Crippen LogP contribution in [0.4, 0.5) is 30.2 Å². The number of benzene rings is 3. The van der Waals surface area contributed by atoms with Gasteiger partial charge in [-0.2, -0.15) is 13.2 Å². The number of carbonyl (C=O) groups is 2. The number of hydrogen-bond donors (Lipinski definition) is 4. The molecular weight excluding hydrogens is 559 g/mol. The van der Waals surface area contributed by atoms with Crippen LogP contribution in [-0.4, -0.2) is 62.4 Å². The van der Waals surface area contributed by atoms with E-state index in [1.165, 1.54) is 23.9 Å². The van der Waals surface area contributed by atoms with Gasteiger partial charge in [0.05, 0.1) is 17.5 Å². The van der Waals surface area contributed by atoms with Crippen LogP contribution in [0.3, 0.4) is 0 Å². The summed E-state index contributed by atoms with van der Waals surface area (Å²) in [4.78, 5) is 34.8. The van der Waals surface area contributed by atoms with Crippen molar-refractivity contribution in [2.75, 3.05) is 48.8 Å². The molecule has 1 saturated heterocycles. The molecule has 4 N–H and O–H groups in total. The van der Waals surface area contributed by atoms with E-state index in [0.717, 1.165) is 44.0 Å². The van der Waals surface area contributed by atoms with Crippen molar-refractivity contribution in [3.05, 3.63) is 101 Å². The minimum Gasteiger partial charge on any atom is -0.369 e. The summed E-state index contributed by atoms with van der Waals surface area (Å²) < 4.78 is 39.1. The third-order valence-corrected chi connectivity index (χ3v) is 7.25. The maximum absolute atomic E-state index is 13.0. The fourth-order valence-electron chi connectivity index (χ4n) is 4.72. The Hall–Kier alpha value is -4.84. The molecule has 0 spiro atoms. The largest absolute Gasteiger partial charge is 0.416 e. The molecule has 2 aliphatic heterocycles. The highest BCUT2D eigenvalue weighted by molar-refractivity contribution is 6.06. The van der Waals surface area contributed by atoms with Gasteiger partial charge >= 0.3 is 6.18 Å². The van der Waals surface area contributed by atoms with Crippen LogP contribution >= 0.6 is 0 Å². The molecule has 1 unspecified atom stereocenters. The maximum atomic E-state index is 13.0. The van der Waals surface area contributed by atoms with E-state index in [0.29, 0.717) is 11.3 Å². The number of anilines is 3. The average Bonchev–Trinajstić information content (AvgIpc) is 2.99. The number of likely N-dealkylation sites (N-methyl/N-ethyl adjacent to an activating group) is 1. The normalized spacial score (nSPS) is 17.1. The summed E-state index contributed by atoms with van der Waals surface area (Å²) in [5, 5.41) is 11.7. The third kappa shape index (κ3) is 7.52. The van der Waals surface area contributed by atoms with Gasteiger partial charge in [0.15, 0.2) is 6.29 Å². The van der Waals surface area contributed by atoms with Crippen LogP contribution in [0.5, 0.6) is 0 Å².